The average molecular weight is 274 g/mol. The average Bonchev–Trinajstić information content (AvgIpc) is 3.05. The molecule has 4 nitrogen and oxygen atoms in total. The zero-order chi connectivity index (χ0) is 14.1. The molecule has 1 unspecified atom stereocenters. The van der Waals surface area contributed by atoms with E-state index in [1.165, 1.54) is 0 Å². The third kappa shape index (κ3) is 2.14. The topological polar surface area (TPSA) is 40.9 Å². The Kier molecular flexibility index (Phi) is 2.85. The van der Waals surface area contributed by atoms with Crippen molar-refractivity contribution in [3.05, 3.63) is 72.4 Å². The van der Waals surface area contributed by atoms with E-state index < -0.39 is 0 Å². The van der Waals surface area contributed by atoms with Crippen molar-refractivity contribution in [2.45, 2.75) is 6.04 Å². The molecule has 3 aromatic rings. The van der Waals surface area contributed by atoms with E-state index in [-0.39, 0.29) is 6.04 Å². The maximum Gasteiger partial charge on any atom is 0.118 e. The molecule has 0 bridgehead atoms. The molecule has 4 rings (SSSR count). The van der Waals surface area contributed by atoms with Gasteiger partial charge in [-0.1, -0.05) is 47.7 Å². The van der Waals surface area contributed by atoms with Crippen LogP contribution in [0.5, 0.6) is 0 Å². The van der Waals surface area contributed by atoms with Gasteiger partial charge in [-0.25, -0.2) is 5.01 Å². The minimum Gasteiger partial charge on any atom is -0.250 e. The van der Waals surface area contributed by atoms with E-state index in [1.807, 2.05) is 53.5 Å². The lowest BCUT2D eigenvalue weighted by Crippen LogP contribution is -2.21. The number of hydrogen-bond acceptors (Lipinski definition) is 4. The lowest BCUT2D eigenvalue weighted by Gasteiger charge is -2.21. The number of anilines is 1. The fourth-order valence-electron chi connectivity index (χ4n) is 2.62. The molecule has 0 aliphatic carbocycles. The van der Waals surface area contributed by atoms with Gasteiger partial charge in [0.05, 0.1) is 23.4 Å². The highest BCUT2D eigenvalue weighted by atomic mass is 15.6. The normalized spacial score (nSPS) is 17.5. The van der Waals surface area contributed by atoms with Crippen LogP contribution >= 0.6 is 0 Å². The van der Waals surface area contributed by atoms with E-state index in [0.717, 1.165) is 22.3 Å². The van der Waals surface area contributed by atoms with Gasteiger partial charge >= 0.3 is 0 Å². The minimum atomic E-state index is 0.0667. The van der Waals surface area contributed by atoms with Gasteiger partial charge in [0.2, 0.25) is 0 Å². The van der Waals surface area contributed by atoms with Crippen LogP contribution in [0, 0.1) is 0 Å². The number of nitrogens with zero attached hydrogens (tertiary/aromatic N) is 4. The summed E-state index contributed by atoms with van der Waals surface area (Å²) in [5, 5.41) is 11.5. The molecule has 0 N–H and O–H groups in total. The van der Waals surface area contributed by atoms with Gasteiger partial charge in [0, 0.05) is 5.39 Å². The Labute approximate surface area is 122 Å². The molecule has 1 aliphatic heterocycles. The summed E-state index contributed by atoms with van der Waals surface area (Å²) in [7, 11) is 0. The molecule has 4 heteroatoms. The molecule has 0 saturated carbocycles. The van der Waals surface area contributed by atoms with Gasteiger partial charge in [-0.2, -0.15) is 5.11 Å². The molecule has 1 aromatic heterocycles. The highest BCUT2D eigenvalue weighted by Gasteiger charge is 2.26. The van der Waals surface area contributed by atoms with Crippen LogP contribution in [-0.4, -0.2) is 11.5 Å². The van der Waals surface area contributed by atoms with Crippen molar-refractivity contribution in [3.8, 4) is 0 Å². The summed E-state index contributed by atoms with van der Waals surface area (Å²) in [5.41, 5.74) is 3.05. The Hall–Kier alpha value is -2.75. The molecule has 0 amide bonds. The van der Waals surface area contributed by atoms with Crippen LogP contribution in [0.25, 0.3) is 10.9 Å². The number of fused-ring (bicyclic) bond motifs is 1. The molecule has 0 radical (unpaired) electrons. The Balaban J connectivity index is 1.74. The number of aromatic nitrogens is 1. The van der Waals surface area contributed by atoms with E-state index in [9.17, 15) is 0 Å². The van der Waals surface area contributed by atoms with Crippen LogP contribution in [0.1, 0.15) is 11.7 Å². The predicted octanol–water partition coefficient (Wildman–Crippen LogP) is 4.16. The number of benzene rings is 2. The SMILES string of the molecule is c1ccc(N2N=NCC2c2ccc3ccccc3n2)cc1. The summed E-state index contributed by atoms with van der Waals surface area (Å²) in [6, 6.07) is 22.5. The zero-order valence-electron chi connectivity index (χ0n) is 11.4. The van der Waals surface area contributed by atoms with Gasteiger partial charge in [0.1, 0.15) is 6.04 Å². The van der Waals surface area contributed by atoms with Gasteiger partial charge in [0.15, 0.2) is 0 Å². The molecule has 0 fully saturated rings. The molecule has 0 spiro atoms. The van der Waals surface area contributed by atoms with E-state index in [1.54, 1.807) is 0 Å². The van der Waals surface area contributed by atoms with E-state index in [4.69, 9.17) is 4.98 Å². The fourth-order valence-corrected chi connectivity index (χ4v) is 2.62. The Morgan fingerprint density at radius 1 is 0.857 bits per heavy atom. The minimum absolute atomic E-state index is 0.0667. The van der Waals surface area contributed by atoms with E-state index in [0.29, 0.717) is 6.54 Å². The van der Waals surface area contributed by atoms with Crippen LogP contribution in [-0.2, 0) is 0 Å². The van der Waals surface area contributed by atoms with Crippen molar-refractivity contribution >= 4 is 16.6 Å². The van der Waals surface area contributed by atoms with Gasteiger partial charge in [0.25, 0.3) is 0 Å². The monoisotopic (exact) mass is 274 g/mol. The Morgan fingerprint density at radius 2 is 1.67 bits per heavy atom. The van der Waals surface area contributed by atoms with Gasteiger partial charge < -0.3 is 0 Å². The Morgan fingerprint density at radius 3 is 2.57 bits per heavy atom. The first-order valence-electron chi connectivity index (χ1n) is 6.99. The molecule has 1 aliphatic rings. The maximum absolute atomic E-state index is 4.77. The second-order valence-electron chi connectivity index (χ2n) is 5.04. The van der Waals surface area contributed by atoms with Gasteiger partial charge in [-0.15, -0.1) is 0 Å². The molecule has 21 heavy (non-hydrogen) atoms. The third-order valence-electron chi connectivity index (χ3n) is 3.69. The molecular formula is C17H14N4. The molecule has 102 valence electrons. The standard InChI is InChI=1S/C17H14N4/c1-2-7-14(8-3-1)21-17(12-18-20-21)16-11-10-13-6-4-5-9-15(13)19-16/h1-11,17H,12H2. The van der Waals surface area contributed by atoms with Gasteiger partial charge in [-0.05, 0) is 24.3 Å². The third-order valence-corrected chi connectivity index (χ3v) is 3.69. The van der Waals surface area contributed by atoms with E-state index in [2.05, 4.69) is 28.5 Å². The smallest absolute Gasteiger partial charge is 0.118 e. The van der Waals surface area contributed by atoms with Crippen molar-refractivity contribution in [1.82, 2.24) is 4.98 Å². The van der Waals surface area contributed by atoms with Crippen molar-refractivity contribution in [2.24, 2.45) is 10.3 Å². The second-order valence-corrected chi connectivity index (χ2v) is 5.04. The zero-order valence-corrected chi connectivity index (χ0v) is 11.4. The summed E-state index contributed by atoms with van der Waals surface area (Å²) in [4.78, 5) is 4.77. The van der Waals surface area contributed by atoms with Crippen molar-refractivity contribution in [1.29, 1.82) is 0 Å². The summed E-state index contributed by atoms with van der Waals surface area (Å²) < 4.78 is 0. The number of hydrogen-bond donors (Lipinski definition) is 0. The van der Waals surface area contributed by atoms with Crippen molar-refractivity contribution < 1.29 is 0 Å². The lowest BCUT2D eigenvalue weighted by molar-refractivity contribution is 0.711. The Bertz CT molecular complexity index is 798. The quantitative estimate of drug-likeness (QED) is 0.704. The highest BCUT2D eigenvalue weighted by Crippen LogP contribution is 2.31. The van der Waals surface area contributed by atoms with Gasteiger partial charge in [-0.3, -0.25) is 4.98 Å². The van der Waals surface area contributed by atoms with Crippen LogP contribution < -0.4 is 5.01 Å². The van der Waals surface area contributed by atoms with E-state index >= 15 is 0 Å². The largest absolute Gasteiger partial charge is 0.250 e. The first kappa shape index (κ1) is 12.0. The number of para-hydroxylation sites is 2. The highest BCUT2D eigenvalue weighted by molar-refractivity contribution is 5.78. The van der Waals surface area contributed by atoms with Crippen LogP contribution in [0.2, 0.25) is 0 Å². The fraction of sp³-hybridized carbons (Fsp3) is 0.118. The summed E-state index contributed by atoms with van der Waals surface area (Å²) in [5.74, 6) is 0. The van der Waals surface area contributed by atoms with Crippen LogP contribution in [0.15, 0.2) is 77.1 Å². The summed E-state index contributed by atoms with van der Waals surface area (Å²) >= 11 is 0. The maximum atomic E-state index is 4.77. The van der Waals surface area contributed by atoms with Crippen molar-refractivity contribution in [2.75, 3.05) is 11.6 Å². The van der Waals surface area contributed by atoms with Crippen molar-refractivity contribution in [3.63, 3.8) is 0 Å². The first-order valence-corrected chi connectivity index (χ1v) is 6.99. The first-order chi connectivity index (χ1) is 10.4. The lowest BCUT2D eigenvalue weighted by atomic mass is 10.1. The molecule has 0 saturated heterocycles. The second kappa shape index (κ2) is 4.98. The molecular weight excluding hydrogens is 260 g/mol. The summed E-state index contributed by atoms with van der Waals surface area (Å²) in [6.45, 7) is 0.639. The molecule has 2 aromatic carbocycles. The summed E-state index contributed by atoms with van der Waals surface area (Å²) in [6.07, 6.45) is 0. The van der Waals surface area contributed by atoms with Crippen LogP contribution in [0.3, 0.4) is 0 Å². The predicted molar refractivity (Wildman–Crippen MR) is 83.1 cm³/mol. The number of pyridine rings is 1. The van der Waals surface area contributed by atoms with Crippen LogP contribution in [0.4, 0.5) is 5.69 Å². The number of rotatable bonds is 2. The molecule has 1 atom stereocenters. The molecule has 2 heterocycles.